The lowest BCUT2D eigenvalue weighted by Crippen LogP contribution is -2.36. The first-order valence-corrected chi connectivity index (χ1v) is 5.66. The zero-order valence-electron chi connectivity index (χ0n) is 9.63. The molecule has 4 nitrogen and oxygen atoms in total. The van der Waals surface area contributed by atoms with Crippen molar-refractivity contribution in [3.63, 3.8) is 0 Å². The van der Waals surface area contributed by atoms with Crippen LogP contribution in [0.1, 0.15) is 5.56 Å². The van der Waals surface area contributed by atoms with Gasteiger partial charge >= 0.3 is 0 Å². The SMILES string of the molecule is NC(=O)/C=C/c1ccc(N2CCOCC2)cc1. The van der Waals surface area contributed by atoms with Crippen LogP contribution in [0.5, 0.6) is 0 Å². The molecule has 1 aromatic rings. The molecule has 1 aliphatic heterocycles. The fourth-order valence-electron chi connectivity index (χ4n) is 1.80. The first-order chi connectivity index (χ1) is 8.25. The standard InChI is InChI=1S/C13H16N2O2/c14-13(16)6-3-11-1-4-12(5-2-11)15-7-9-17-10-8-15/h1-6H,7-10H2,(H2,14,16)/b6-3+. The van der Waals surface area contributed by atoms with Gasteiger partial charge in [-0.3, -0.25) is 4.79 Å². The van der Waals surface area contributed by atoms with Crippen LogP contribution in [-0.2, 0) is 9.53 Å². The third-order valence-corrected chi connectivity index (χ3v) is 2.71. The first kappa shape index (κ1) is 11.7. The lowest BCUT2D eigenvalue weighted by atomic mass is 10.1. The van der Waals surface area contributed by atoms with Crippen LogP contribution in [0.3, 0.4) is 0 Å². The summed E-state index contributed by atoms with van der Waals surface area (Å²) < 4.78 is 5.31. The molecule has 4 heteroatoms. The molecule has 0 unspecified atom stereocenters. The van der Waals surface area contributed by atoms with Crippen molar-refractivity contribution >= 4 is 17.7 Å². The number of carbonyl (C=O) groups excluding carboxylic acids is 1. The Balaban J connectivity index is 2.04. The second-order valence-corrected chi connectivity index (χ2v) is 3.93. The molecule has 0 bridgehead atoms. The summed E-state index contributed by atoms with van der Waals surface area (Å²) in [6, 6.07) is 8.05. The van der Waals surface area contributed by atoms with E-state index in [0.29, 0.717) is 0 Å². The third-order valence-electron chi connectivity index (χ3n) is 2.71. The van der Waals surface area contributed by atoms with Crippen LogP contribution >= 0.6 is 0 Å². The van der Waals surface area contributed by atoms with Crippen LogP contribution in [0.4, 0.5) is 5.69 Å². The number of carbonyl (C=O) groups is 1. The highest BCUT2D eigenvalue weighted by molar-refractivity contribution is 5.90. The van der Waals surface area contributed by atoms with Crippen molar-refractivity contribution in [2.45, 2.75) is 0 Å². The molecule has 0 aliphatic carbocycles. The molecular weight excluding hydrogens is 216 g/mol. The summed E-state index contributed by atoms with van der Waals surface area (Å²) in [5.41, 5.74) is 7.20. The number of primary amides is 1. The minimum atomic E-state index is -0.428. The van der Waals surface area contributed by atoms with Crippen molar-refractivity contribution in [2.75, 3.05) is 31.2 Å². The summed E-state index contributed by atoms with van der Waals surface area (Å²) in [6.45, 7) is 3.42. The van der Waals surface area contributed by atoms with E-state index < -0.39 is 5.91 Å². The highest BCUT2D eigenvalue weighted by Crippen LogP contribution is 2.17. The van der Waals surface area contributed by atoms with E-state index in [1.54, 1.807) is 6.08 Å². The van der Waals surface area contributed by atoms with Crippen molar-refractivity contribution in [3.05, 3.63) is 35.9 Å². The maximum Gasteiger partial charge on any atom is 0.241 e. The Kier molecular flexibility index (Phi) is 3.77. The van der Waals surface area contributed by atoms with Crippen LogP contribution in [0.2, 0.25) is 0 Å². The summed E-state index contributed by atoms with van der Waals surface area (Å²) in [7, 11) is 0. The summed E-state index contributed by atoms with van der Waals surface area (Å²) >= 11 is 0. The second-order valence-electron chi connectivity index (χ2n) is 3.93. The van der Waals surface area contributed by atoms with Gasteiger partial charge in [0.25, 0.3) is 0 Å². The Bertz CT molecular complexity index is 406. The molecule has 1 heterocycles. The zero-order valence-corrected chi connectivity index (χ0v) is 9.63. The average Bonchev–Trinajstić information content (AvgIpc) is 2.38. The van der Waals surface area contributed by atoms with E-state index in [-0.39, 0.29) is 0 Å². The number of ether oxygens (including phenoxy) is 1. The van der Waals surface area contributed by atoms with Crippen LogP contribution in [0.15, 0.2) is 30.3 Å². The van der Waals surface area contributed by atoms with Gasteiger partial charge in [0.15, 0.2) is 0 Å². The number of hydrogen-bond donors (Lipinski definition) is 1. The van der Waals surface area contributed by atoms with E-state index in [9.17, 15) is 4.79 Å². The zero-order chi connectivity index (χ0) is 12.1. The molecular formula is C13H16N2O2. The Labute approximate surface area is 101 Å². The Morgan fingerprint density at radius 2 is 1.88 bits per heavy atom. The van der Waals surface area contributed by atoms with Crippen LogP contribution in [0, 0.1) is 0 Å². The lowest BCUT2D eigenvalue weighted by molar-refractivity contribution is -0.113. The lowest BCUT2D eigenvalue weighted by Gasteiger charge is -2.28. The molecule has 1 amide bonds. The minimum Gasteiger partial charge on any atom is -0.378 e. The predicted octanol–water partition coefficient (Wildman–Crippen LogP) is 1.02. The Morgan fingerprint density at radius 3 is 2.47 bits per heavy atom. The van der Waals surface area contributed by atoms with E-state index in [1.807, 2.05) is 24.3 Å². The molecule has 1 saturated heterocycles. The van der Waals surface area contributed by atoms with Crippen molar-refractivity contribution in [1.29, 1.82) is 0 Å². The number of benzene rings is 1. The highest BCUT2D eigenvalue weighted by Gasteiger charge is 2.10. The number of amides is 1. The van der Waals surface area contributed by atoms with E-state index in [2.05, 4.69) is 4.90 Å². The summed E-state index contributed by atoms with van der Waals surface area (Å²) in [6.07, 6.45) is 3.08. The molecule has 1 fully saturated rings. The average molecular weight is 232 g/mol. The monoisotopic (exact) mass is 232 g/mol. The molecule has 0 radical (unpaired) electrons. The molecule has 0 saturated carbocycles. The number of morpholine rings is 1. The quantitative estimate of drug-likeness (QED) is 0.792. The van der Waals surface area contributed by atoms with Gasteiger partial charge in [-0.05, 0) is 23.8 Å². The summed E-state index contributed by atoms with van der Waals surface area (Å²) in [4.78, 5) is 12.9. The second kappa shape index (κ2) is 5.50. The van der Waals surface area contributed by atoms with Gasteiger partial charge in [0.2, 0.25) is 5.91 Å². The molecule has 1 aliphatic rings. The molecule has 0 atom stereocenters. The maximum absolute atomic E-state index is 10.6. The highest BCUT2D eigenvalue weighted by atomic mass is 16.5. The number of rotatable bonds is 3. The molecule has 0 spiro atoms. The van der Waals surface area contributed by atoms with Gasteiger partial charge < -0.3 is 15.4 Å². The number of anilines is 1. The molecule has 17 heavy (non-hydrogen) atoms. The van der Waals surface area contributed by atoms with Gasteiger partial charge in [-0.1, -0.05) is 12.1 Å². The molecule has 2 rings (SSSR count). The Morgan fingerprint density at radius 1 is 1.24 bits per heavy atom. The van der Waals surface area contributed by atoms with Crippen molar-refractivity contribution < 1.29 is 9.53 Å². The van der Waals surface area contributed by atoms with Gasteiger partial charge in [-0.15, -0.1) is 0 Å². The normalized spacial score (nSPS) is 16.4. The van der Waals surface area contributed by atoms with Gasteiger partial charge in [-0.2, -0.15) is 0 Å². The van der Waals surface area contributed by atoms with E-state index in [1.165, 1.54) is 11.8 Å². The molecule has 0 aromatic heterocycles. The molecule has 1 aromatic carbocycles. The van der Waals surface area contributed by atoms with Gasteiger partial charge in [0.1, 0.15) is 0 Å². The van der Waals surface area contributed by atoms with Gasteiger partial charge in [0, 0.05) is 24.9 Å². The minimum absolute atomic E-state index is 0.428. The van der Waals surface area contributed by atoms with Crippen LogP contribution in [0.25, 0.3) is 6.08 Å². The van der Waals surface area contributed by atoms with Crippen molar-refractivity contribution in [2.24, 2.45) is 5.73 Å². The molecule has 90 valence electrons. The topological polar surface area (TPSA) is 55.6 Å². The number of nitrogens with zero attached hydrogens (tertiary/aromatic N) is 1. The molecule has 2 N–H and O–H groups in total. The first-order valence-electron chi connectivity index (χ1n) is 5.66. The predicted molar refractivity (Wildman–Crippen MR) is 67.7 cm³/mol. The Hall–Kier alpha value is -1.81. The van der Waals surface area contributed by atoms with Crippen molar-refractivity contribution in [3.8, 4) is 0 Å². The van der Waals surface area contributed by atoms with E-state index >= 15 is 0 Å². The summed E-state index contributed by atoms with van der Waals surface area (Å²) in [5, 5.41) is 0. The third kappa shape index (κ3) is 3.32. The number of hydrogen-bond acceptors (Lipinski definition) is 3. The summed E-state index contributed by atoms with van der Waals surface area (Å²) in [5.74, 6) is -0.428. The van der Waals surface area contributed by atoms with Gasteiger partial charge in [0.05, 0.1) is 13.2 Å². The maximum atomic E-state index is 10.6. The fourth-order valence-corrected chi connectivity index (χ4v) is 1.80. The van der Waals surface area contributed by atoms with Crippen molar-refractivity contribution in [1.82, 2.24) is 0 Å². The van der Waals surface area contributed by atoms with Crippen LogP contribution < -0.4 is 10.6 Å². The van der Waals surface area contributed by atoms with Crippen LogP contribution in [-0.4, -0.2) is 32.2 Å². The largest absolute Gasteiger partial charge is 0.378 e. The van der Waals surface area contributed by atoms with E-state index in [0.717, 1.165) is 31.9 Å². The fraction of sp³-hybridized carbons (Fsp3) is 0.308. The number of nitrogens with two attached hydrogens (primary N) is 1. The van der Waals surface area contributed by atoms with E-state index in [4.69, 9.17) is 10.5 Å². The smallest absolute Gasteiger partial charge is 0.241 e. The van der Waals surface area contributed by atoms with Gasteiger partial charge in [-0.25, -0.2) is 0 Å².